The number of sulfone groups is 1. The van der Waals surface area contributed by atoms with E-state index in [0.29, 0.717) is 0 Å². The average molecular weight is 292 g/mol. The van der Waals surface area contributed by atoms with Crippen LogP contribution in [0.15, 0.2) is 17.6 Å². The third-order valence-electron chi connectivity index (χ3n) is 2.53. The number of nitrogens with one attached hydrogen (secondary N) is 1. The quantitative estimate of drug-likeness (QED) is 0.715. The molecule has 0 aliphatic carbocycles. The Hall–Kier alpha value is -1.47. The van der Waals surface area contributed by atoms with Gasteiger partial charge >= 0.3 is 0 Å². The van der Waals surface area contributed by atoms with Crippen LogP contribution in [0.3, 0.4) is 0 Å². The maximum atomic E-state index is 13.8. The summed E-state index contributed by atoms with van der Waals surface area (Å²) in [5.74, 6) is -0.930. The van der Waals surface area contributed by atoms with Crippen molar-refractivity contribution < 1.29 is 12.8 Å². The van der Waals surface area contributed by atoms with Gasteiger partial charge in [0.25, 0.3) is 0 Å². The van der Waals surface area contributed by atoms with Gasteiger partial charge in [-0.25, -0.2) is 12.8 Å². The van der Waals surface area contributed by atoms with Crippen LogP contribution < -0.4 is 16.8 Å². The number of nitrogen functional groups attached to an aromatic ring is 2. The fourth-order valence-electron chi connectivity index (χ4n) is 1.66. The van der Waals surface area contributed by atoms with Gasteiger partial charge in [0.2, 0.25) is 0 Å². The zero-order valence-corrected chi connectivity index (χ0v) is 10.7. The topological polar surface area (TPSA) is 98.2 Å². The average Bonchev–Trinajstić information content (AvgIpc) is 2.61. The van der Waals surface area contributed by atoms with Gasteiger partial charge in [-0.05, 0) is 6.07 Å². The van der Waals surface area contributed by atoms with Gasteiger partial charge in [-0.1, -0.05) is 17.7 Å². The van der Waals surface area contributed by atoms with E-state index in [-0.39, 0.29) is 27.8 Å². The molecular weight excluding hydrogens is 281 g/mol. The highest BCUT2D eigenvalue weighted by molar-refractivity contribution is 7.94. The molecule has 1 aromatic carbocycles. The van der Waals surface area contributed by atoms with E-state index in [1.54, 1.807) is 0 Å². The van der Waals surface area contributed by atoms with Gasteiger partial charge in [0, 0.05) is 5.41 Å². The van der Waals surface area contributed by atoms with Gasteiger partial charge in [-0.2, -0.15) is 0 Å². The Morgan fingerprint density at radius 1 is 1.39 bits per heavy atom. The number of hydrogen-bond donors (Lipinski definition) is 3. The molecule has 5 nitrogen and oxygen atoms in total. The molecule has 0 aromatic heterocycles. The number of hydrogen-bond acceptors (Lipinski definition) is 5. The van der Waals surface area contributed by atoms with Gasteiger partial charge in [0.15, 0.2) is 15.7 Å². The second-order valence-corrected chi connectivity index (χ2v) is 6.28. The van der Waals surface area contributed by atoms with Crippen molar-refractivity contribution in [1.29, 1.82) is 0 Å². The molecule has 18 heavy (non-hydrogen) atoms. The summed E-state index contributed by atoms with van der Waals surface area (Å²) in [5.41, 5.74) is 11.1. The number of rotatable bonds is 2. The largest absolute Gasteiger partial charge is 0.397 e. The van der Waals surface area contributed by atoms with E-state index in [9.17, 15) is 12.8 Å². The molecule has 0 radical (unpaired) electrons. The van der Waals surface area contributed by atoms with Crippen LogP contribution in [0.2, 0.25) is 5.02 Å². The van der Waals surface area contributed by atoms with Crippen molar-refractivity contribution in [3.63, 3.8) is 0 Å². The number of nitrogens with two attached hydrogens (primary N) is 2. The molecular formula is C10H11ClFN3O2S. The Morgan fingerprint density at radius 2 is 2.06 bits per heavy atom. The molecule has 1 unspecified atom stereocenters. The minimum atomic E-state index is -3.22. The standard InChI is InChI=1S/C10H11ClFN3O2S/c11-8-6(13)3-7(14)10(9(8)12)15-5-1-2-18(16,17)4-5/h1-3,5,15H,4,13-14H2. The van der Waals surface area contributed by atoms with Crippen molar-refractivity contribution >= 4 is 38.5 Å². The fourth-order valence-corrected chi connectivity index (χ4v) is 3.05. The Morgan fingerprint density at radius 3 is 2.61 bits per heavy atom. The van der Waals surface area contributed by atoms with Crippen LogP contribution in [-0.2, 0) is 9.84 Å². The van der Waals surface area contributed by atoms with E-state index in [4.69, 9.17) is 23.1 Å². The van der Waals surface area contributed by atoms with Gasteiger partial charge < -0.3 is 16.8 Å². The lowest BCUT2D eigenvalue weighted by Gasteiger charge is -2.16. The minimum absolute atomic E-state index is 0.0341. The van der Waals surface area contributed by atoms with E-state index >= 15 is 0 Å². The van der Waals surface area contributed by atoms with Crippen LogP contribution >= 0.6 is 11.6 Å². The summed E-state index contributed by atoms with van der Waals surface area (Å²) in [6.45, 7) is 0. The lowest BCUT2D eigenvalue weighted by atomic mass is 10.2. The molecule has 5 N–H and O–H groups in total. The Balaban J connectivity index is 2.31. The van der Waals surface area contributed by atoms with Crippen LogP contribution in [0.4, 0.5) is 21.5 Å². The third kappa shape index (κ3) is 2.37. The number of anilines is 3. The van der Waals surface area contributed by atoms with Crippen molar-refractivity contribution in [2.45, 2.75) is 6.04 Å². The lowest BCUT2D eigenvalue weighted by Crippen LogP contribution is -2.22. The molecule has 0 saturated heterocycles. The molecule has 2 rings (SSSR count). The van der Waals surface area contributed by atoms with Gasteiger partial charge in [0.05, 0.1) is 28.9 Å². The van der Waals surface area contributed by atoms with E-state index in [0.717, 1.165) is 5.41 Å². The number of halogens is 2. The van der Waals surface area contributed by atoms with Gasteiger partial charge in [0.1, 0.15) is 5.02 Å². The van der Waals surface area contributed by atoms with Crippen molar-refractivity contribution in [1.82, 2.24) is 0 Å². The second-order valence-electron chi connectivity index (χ2n) is 3.97. The highest BCUT2D eigenvalue weighted by Crippen LogP contribution is 2.34. The van der Waals surface area contributed by atoms with E-state index in [1.165, 1.54) is 12.1 Å². The molecule has 1 aromatic rings. The maximum Gasteiger partial charge on any atom is 0.173 e. The Kier molecular flexibility index (Phi) is 3.12. The molecule has 1 aliphatic rings. The number of benzene rings is 1. The highest BCUT2D eigenvalue weighted by atomic mass is 35.5. The summed E-state index contributed by atoms with van der Waals surface area (Å²) >= 11 is 5.66. The molecule has 1 atom stereocenters. The van der Waals surface area contributed by atoms with E-state index < -0.39 is 21.7 Å². The Labute approximate surface area is 109 Å². The van der Waals surface area contributed by atoms with Crippen molar-refractivity contribution in [3.05, 3.63) is 28.4 Å². The van der Waals surface area contributed by atoms with Crippen LogP contribution in [0, 0.1) is 5.82 Å². The summed E-state index contributed by atoms with van der Waals surface area (Å²) < 4.78 is 36.3. The second kappa shape index (κ2) is 4.33. The summed E-state index contributed by atoms with van der Waals surface area (Å²) in [4.78, 5) is 0. The molecule has 1 aliphatic heterocycles. The highest BCUT2D eigenvalue weighted by Gasteiger charge is 2.24. The predicted octanol–water partition coefficient (Wildman–Crippen LogP) is 1.37. The molecule has 0 saturated carbocycles. The molecule has 0 spiro atoms. The third-order valence-corrected chi connectivity index (χ3v) is 4.30. The van der Waals surface area contributed by atoms with Gasteiger partial charge in [-0.15, -0.1) is 0 Å². The van der Waals surface area contributed by atoms with Crippen LogP contribution in [0.1, 0.15) is 0 Å². The van der Waals surface area contributed by atoms with Crippen molar-refractivity contribution in [2.24, 2.45) is 0 Å². The molecule has 0 amide bonds. The SMILES string of the molecule is Nc1cc(N)c(NC2C=CS(=O)(=O)C2)c(F)c1Cl. The van der Waals surface area contributed by atoms with Crippen LogP contribution in [-0.4, -0.2) is 20.2 Å². The molecule has 98 valence electrons. The zero-order chi connectivity index (χ0) is 13.5. The summed E-state index contributed by atoms with van der Waals surface area (Å²) in [7, 11) is -3.22. The van der Waals surface area contributed by atoms with Crippen LogP contribution in [0.25, 0.3) is 0 Å². The summed E-state index contributed by atoms with van der Waals surface area (Å²) in [5, 5.41) is 3.54. The van der Waals surface area contributed by atoms with E-state index in [2.05, 4.69) is 5.32 Å². The first-order valence-corrected chi connectivity index (χ1v) is 7.10. The Bertz CT molecular complexity index is 631. The molecule has 1 heterocycles. The first-order chi connectivity index (χ1) is 8.30. The first-order valence-electron chi connectivity index (χ1n) is 5.00. The zero-order valence-electron chi connectivity index (χ0n) is 9.15. The molecule has 8 heteroatoms. The molecule has 0 bridgehead atoms. The smallest absolute Gasteiger partial charge is 0.173 e. The minimum Gasteiger partial charge on any atom is -0.397 e. The fraction of sp³-hybridized carbons (Fsp3) is 0.200. The monoisotopic (exact) mass is 291 g/mol. The van der Waals surface area contributed by atoms with Crippen molar-refractivity contribution in [2.75, 3.05) is 22.5 Å². The van der Waals surface area contributed by atoms with Crippen molar-refractivity contribution in [3.8, 4) is 0 Å². The predicted molar refractivity (Wildman–Crippen MR) is 70.6 cm³/mol. The summed E-state index contributed by atoms with van der Waals surface area (Å²) in [6, 6.07) is 0.785. The first kappa shape index (κ1) is 13.0. The summed E-state index contributed by atoms with van der Waals surface area (Å²) in [6.07, 6.45) is 1.43. The van der Waals surface area contributed by atoms with E-state index in [1.807, 2.05) is 0 Å². The van der Waals surface area contributed by atoms with Crippen LogP contribution in [0.5, 0.6) is 0 Å². The lowest BCUT2D eigenvalue weighted by molar-refractivity contribution is 0.604. The normalized spacial score (nSPS) is 21.1. The maximum absolute atomic E-state index is 13.8. The molecule has 0 fully saturated rings. The van der Waals surface area contributed by atoms with Gasteiger partial charge in [-0.3, -0.25) is 0 Å².